The summed E-state index contributed by atoms with van der Waals surface area (Å²) >= 11 is 0. The fraction of sp³-hybridized carbons (Fsp3) is 0.818. The molecule has 19 heavy (non-hydrogen) atoms. The van der Waals surface area contributed by atoms with E-state index in [1.165, 1.54) is 0 Å². The van der Waals surface area contributed by atoms with E-state index in [0.29, 0.717) is 12.5 Å². The normalized spacial score (nSPS) is 24.4. The van der Waals surface area contributed by atoms with E-state index in [0.717, 1.165) is 12.8 Å². The monoisotopic (exact) mass is 297 g/mol. The topological polar surface area (TPSA) is 70.2 Å². The molecule has 1 heterocycles. The number of alkyl halides is 2. The van der Waals surface area contributed by atoms with Gasteiger partial charge in [0.2, 0.25) is 11.8 Å². The van der Waals surface area contributed by atoms with Crippen LogP contribution in [0.2, 0.25) is 0 Å². The SMILES string of the molecule is Cl.O=C(CNC(=O)C1CC(F)(F)CN1)NCC1CC1. The minimum absolute atomic E-state index is 0. The van der Waals surface area contributed by atoms with E-state index in [9.17, 15) is 18.4 Å². The molecule has 2 fully saturated rings. The zero-order valence-corrected chi connectivity index (χ0v) is 11.2. The molecule has 3 N–H and O–H groups in total. The average Bonchev–Trinajstić information content (AvgIpc) is 3.06. The first-order valence-electron chi connectivity index (χ1n) is 6.12. The number of carbonyl (C=O) groups excluding carboxylic acids is 2. The van der Waals surface area contributed by atoms with Crippen molar-refractivity contribution in [1.29, 1.82) is 0 Å². The van der Waals surface area contributed by atoms with Gasteiger partial charge < -0.3 is 10.6 Å². The minimum atomic E-state index is -2.84. The van der Waals surface area contributed by atoms with Crippen LogP contribution in [0.15, 0.2) is 0 Å². The Balaban J connectivity index is 0.00000180. The molecule has 1 saturated carbocycles. The van der Waals surface area contributed by atoms with Crippen molar-refractivity contribution in [3.8, 4) is 0 Å². The predicted octanol–water partition coefficient (Wildman–Crippen LogP) is 0.0478. The highest BCUT2D eigenvalue weighted by Gasteiger charge is 2.42. The Bertz CT molecular complexity index is 351. The summed E-state index contributed by atoms with van der Waals surface area (Å²) < 4.78 is 25.7. The molecular weight excluding hydrogens is 280 g/mol. The summed E-state index contributed by atoms with van der Waals surface area (Å²) in [6, 6.07) is -0.906. The van der Waals surface area contributed by atoms with Gasteiger partial charge in [0.15, 0.2) is 0 Å². The summed E-state index contributed by atoms with van der Waals surface area (Å²) in [5.74, 6) is -3.09. The third kappa shape index (κ3) is 5.28. The van der Waals surface area contributed by atoms with Gasteiger partial charge in [0, 0.05) is 13.0 Å². The molecule has 1 aliphatic carbocycles. The molecule has 0 aromatic rings. The van der Waals surface area contributed by atoms with Crippen LogP contribution in [-0.2, 0) is 9.59 Å². The average molecular weight is 298 g/mol. The van der Waals surface area contributed by atoms with E-state index in [1.807, 2.05) is 0 Å². The van der Waals surface area contributed by atoms with Crippen molar-refractivity contribution >= 4 is 24.2 Å². The van der Waals surface area contributed by atoms with Crippen molar-refractivity contribution in [2.24, 2.45) is 5.92 Å². The Hall–Kier alpha value is -0.950. The summed E-state index contributed by atoms with van der Waals surface area (Å²) in [5, 5.41) is 7.48. The Labute approximate surface area is 116 Å². The Kier molecular flexibility index (Phi) is 5.49. The number of nitrogens with one attached hydrogen (secondary N) is 3. The molecule has 5 nitrogen and oxygen atoms in total. The van der Waals surface area contributed by atoms with Gasteiger partial charge in [-0.15, -0.1) is 12.4 Å². The number of carbonyl (C=O) groups is 2. The number of hydrogen-bond donors (Lipinski definition) is 3. The van der Waals surface area contributed by atoms with Crippen LogP contribution in [-0.4, -0.2) is 43.4 Å². The molecule has 1 atom stereocenters. The van der Waals surface area contributed by atoms with Crippen molar-refractivity contribution < 1.29 is 18.4 Å². The van der Waals surface area contributed by atoms with Gasteiger partial charge in [0.05, 0.1) is 19.1 Å². The predicted molar refractivity (Wildman–Crippen MR) is 67.3 cm³/mol. The summed E-state index contributed by atoms with van der Waals surface area (Å²) in [4.78, 5) is 22.8. The quantitative estimate of drug-likeness (QED) is 0.671. The van der Waals surface area contributed by atoms with Crippen LogP contribution in [0.1, 0.15) is 19.3 Å². The molecule has 2 aliphatic rings. The maximum absolute atomic E-state index is 12.8. The molecule has 1 unspecified atom stereocenters. The maximum Gasteiger partial charge on any atom is 0.262 e. The van der Waals surface area contributed by atoms with Crippen LogP contribution in [0.25, 0.3) is 0 Å². The fourth-order valence-corrected chi connectivity index (χ4v) is 1.83. The van der Waals surface area contributed by atoms with Gasteiger partial charge in [-0.05, 0) is 18.8 Å². The molecular formula is C11H18ClF2N3O2. The van der Waals surface area contributed by atoms with Gasteiger partial charge >= 0.3 is 0 Å². The van der Waals surface area contributed by atoms with Gasteiger partial charge in [-0.25, -0.2) is 8.78 Å². The number of amides is 2. The van der Waals surface area contributed by atoms with Crippen LogP contribution in [0.3, 0.4) is 0 Å². The molecule has 0 bridgehead atoms. The fourth-order valence-electron chi connectivity index (χ4n) is 1.83. The van der Waals surface area contributed by atoms with Crippen molar-refractivity contribution in [3.05, 3.63) is 0 Å². The van der Waals surface area contributed by atoms with Gasteiger partial charge in [0.1, 0.15) is 0 Å². The van der Waals surface area contributed by atoms with Crippen molar-refractivity contribution in [3.63, 3.8) is 0 Å². The van der Waals surface area contributed by atoms with Crippen LogP contribution in [0.5, 0.6) is 0 Å². The van der Waals surface area contributed by atoms with E-state index in [-0.39, 0.29) is 24.9 Å². The van der Waals surface area contributed by atoms with Crippen LogP contribution in [0, 0.1) is 5.92 Å². The second kappa shape index (κ2) is 6.47. The zero-order chi connectivity index (χ0) is 13.2. The number of halogens is 3. The number of rotatable bonds is 5. The third-order valence-electron chi connectivity index (χ3n) is 3.13. The van der Waals surface area contributed by atoms with Gasteiger partial charge in [-0.1, -0.05) is 0 Å². The second-order valence-corrected chi connectivity index (χ2v) is 4.96. The molecule has 1 saturated heterocycles. The van der Waals surface area contributed by atoms with Gasteiger partial charge in [-0.2, -0.15) is 0 Å². The van der Waals surface area contributed by atoms with E-state index in [1.54, 1.807) is 0 Å². The first-order chi connectivity index (χ1) is 8.46. The van der Waals surface area contributed by atoms with E-state index in [2.05, 4.69) is 16.0 Å². The summed E-state index contributed by atoms with van der Waals surface area (Å²) in [6.45, 7) is -0.0112. The summed E-state index contributed by atoms with van der Waals surface area (Å²) in [7, 11) is 0. The van der Waals surface area contributed by atoms with Gasteiger partial charge in [0.25, 0.3) is 5.92 Å². The first kappa shape index (κ1) is 16.1. The lowest BCUT2D eigenvalue weighted by Gasteiger charge is -2.11. The zero-order valence-electron chi connectivity index (χ0n) is 10.4. The molecule has 110 valence electrons. The highest BCUT2D eigenvalue weighted by molar-refractivity contribution is 5.87. The third-order valence-corrected chi connectivity index (χ3v) is 3.13. The largest absolute Gasteiger partial charge is 0.354 e. The Morgan fingerprint density at radius 1 is 1.26 bits per heavy atom. The van der Waals surface area contributed by atoms with Crippen LogP contribution >= 0.6 is 12.4 Å². The summed E-state index contributed by atoms with van der Waals surface area (Å²) in [6.07, 6.45) is 1.75. The molecule has 0 aromatic heterocycles. The second-order valence-electron chi connectivity index (χ2n) is 4.96. The lowest BCUT2D eigenvalue weighted by Crippen LogP contribution is -2.45. The Morgan fingerprint density at radius 2 is 1.95 bits per heavy atom. The summed E-state index contributed by atoms with van der Waals surface area (Å²) in [5.41, 5.74) is 0. The van der Waals surface area contributed by atoms with Crippen molar-refractivity contribution in [2.45, 2.75) is 31.2 Å². The van der Waals surface area contributed by atoms with Gasteiger partial charge in [-0.3, -0.25) is 14.9 Å². The van der Waals surface area contributed by atoms with Crippen molar-refractivity contribution in [1.82, 2.24) is 16.0 Å². The van der Waals surface area contributed by atoms with Crippen molar-refractivity contribution in [2.75, 3.05) is 19.6 Å². The molecule has 1 aliphatic heterocycles. The molecule has 0 spiro atoms. The van der Waals surface area contributed by atoms with Crippen LogP contribution < -0.4 is 16.0 Å². The standard InChI is InChI=1S/C11H17F2N3O2.ClH/c12-11(13)3-8(16-6-11)10(18)15-5-9(17)14-4-7-1-2-7;/h7-8,16H,1-6H2,(H,14,17)(H,15,18);1H. The molecule has 2 rings (SSSR count). The number of hydrogen-bond acceptors (Lipinski definition) is 3. The molecule has 2 amide bonds. The molecule has 0 radical (unpaired) electrons. The van der Waals surface area contributed by atoms with Crippen LogP contribution in [0.4, 0.5) is 8.78 Å². The molecule has 0 aromatic carbocycles. The van der Waals surface area contributed by atoms with E-state index in [4.69, 9.17) is 0 Å². The molecule has 8 heteroatoms. The highest BCUT2D eigenvalue weighted by Crippen LogP contribution is 2.27. The lowest BCUT2D eigenvalue weighted by molar-refractivity contribution is -0.127. The maximum atomic E-state index is 12.8. The minimum Gasteiger partial charge on any atom is -0.354 e. The lowest BCUT2D eigenvalue weighted by atomic mass is 10.2. The Morgan fingerprint density at radius 3 is 2.47 bits per heavy atom. The highest BCUT2D eigenvalue weighted by atomic mass is 35.5. The van der Waals surface area contributed by atoms with E-state index < -0.39 is 30.8 Å². The smallest absolute Gasteiger partial charge is 0.262 e. The first-order valence-corrected chi connectivity index (χ1v) is 6.12. The van der Waals surface area contributed by atoms with E-state index >= 15 is 0 Å².